The van der Waals surface area contributed by atoms with Crippen LogP contribution in [0.15, 0.2) is 53.8 Å². The van der Waals surface area contributed by atoms with Crippen molar-refractivity contribution in [2.45, 2.75) is 25.4 Å². The minimum absolute atomic E-state index is 0.127. The van der Waals surface area contributed by atoms with Crippen LogP contribution in [0.25, 0.3) is 11.2 Å². The van der Waals surface area contributed by atoms with E-state index >= 15 is 0 Å². The summed E-state index contributed by atoms with van der Waals surface area (Å²) in [7, 11) is 0. The average Bonchev–Trinajstić information content (AvgIpc) is 3.14. The van der Waals surface area contributed by atoms with E-state index in [2.05, 4.69) is 25.6 Å². The molecule has 0 spiro atoms. The predicted molar refractivity (Wildman–Crippen MR) is 114 cm³/mol. The van der Waals surface area contributed by atoms with Crippen molar-refractivity contribution < 1.29 is 9.18 Å². The van der Waals surface area contributed by atoms with E-state index in [9.17, 15) is 9.18 Å². The number of fused-ring (bicyclic) bond motifs is 1. The van der Waals surface area contributed by atoms with E-state index in [1.807, 2.05) is 32.0 Å². The molecular formula is C21H19FN6OS. The molecule has 4 rings (SSSR count). The Morgan fingerprint density at radius 2 is 1.93 bits per heavy atom. The molecule has 7 nitrogen and oxygen atoms in total. The van der Waals surface area contributed by atoms with Gasteiger partial charge in [0.2, 0.25) is 5.91 Å². The van der Waals surface area contributed by atoms with E-state index in [0.29, 0.717) is 22.7 Å². The number of amides is 1. The van der Waals surface area contributed by atoms with Gasteiger partial charge in [-0.1, -0.05) is 46.8 Å². The molecule has 1 N–H and O–H groups in total. The summed E-state index contributed by atoms with van der Waals surface area (Å²) in [6.45, 7) is 4.38. The first-order chi connectivity index (χ1) is 14.5. The molecule has 0 aliphatic rings. The van der Waals surface area contributed by atoms with E-state index in [1.165, 1.54) is 30.2 Å². The Morgan fingerprint density at radius 3 is 2.70 bits per heavy atom. The first-order valence-corrected chi connectivity index (χ1v) is 10.3. The normalized spacial score (nSPS) is 11.0. The Bertz CT molecular complexity index is 1210. The van der Waals surface area contributed by atoms with Crippen LogP contribution in [0.4, 0.5) is 10.1 Å². The van der Waals surface area contributed by atoms with E-state index in [4.69, 9.17) is 0 Å². The SMILES string of the molecule is Cc1ccc(NC(=O)CSc2ncnc3c2nnn3Cc2ccc(F)cc2)c(C)c1. The van der Waals surface area contributed by atoms with Gasteiger partial charge in [0.25, 0.3) is 0 Å². The number of carbonyl (C=O) groups excluding carboxylic acids is 1. The van der Waals surface area contributed by atoms with Gasteiger partial charge in [0.1, 0.15) is 17.2 Å². The Kier molecular flexibility index (Phi) is 5.71. The number of nitrogens with zero attached hydrogens (tertiary/aromatic N) is 5. The summed E-state index contributed by atoms with van der Waals surface area (Å²) in [5.74, 6) is -0.232. The van der Waals surface area contributed by atoms with Crippen molar-refractivity contribution in [2.75, 3.05) is 11.1 Å². The number of carbonyl (C=O) groups is 1. The van der Waals surface area contributed by atoms with Gasteiger partial charge in [-0.25, -0.2) is 19.0 Å². The smallest absolute Gasteiger partial charge is 0.234 e. The highest BCUT2D eigenvalue weighted by molar-refractivity contribution is 8.00. The monoisotopic (exact) mass is 422 g/mol. The third-order valence-corrected chi connectivity index (χ3v) is 5.49. The molecule has 0 atom stereocenters. The van der Waals surface area contributed by atoms with Crippen molar-refractivity contribution in [1.29, 1.82) is 0 Å². The lowest BCUT2D eigenvalue weighted by molar-refractivity contribution is -0.113. The van der Waals surface area contributed by atoms with Crippen molar-refractivity contribution >= 4 is 34.5 Å². The first-order valence-electron chi connectivity index (χ1n) is 9.28. The standard InChI is InChI=1S/C21H19FN6OS/c1-13-3-8-17(14(2)9-13)25-18(29)11-30-21-19-20(23-12-24-21)28(27-26-19)10-15-4-6-16(22)7-5-15/h3-9,12H,10-11H2,1-2H3,(H,25,29). The molecule has 9 heteroatoms. The molecule has 152 valence electrons. The molecule has 0 saturated carbocycles. The van der Waals surface area contributed by atoms with E-state index in [0.717, 1.165) is 22.4 Å². The number of aryl methyl sites for hydroxylation is 2. The fourth-order valence-corrected chi connectivity index (χ4v) is 3.75. The molecule has 0 unspecified atom stereocenters. The molecule has 1 amide bonds. The van der Waals surface area contributed by atoms with Crippen LogP contribution in [0.1, 0.15) is 16.7 Å². The van der Waals surface area contributed by atoms with Crippen LogP contribution in [0, 0.1) is 19.7 Å². The van der Waals surface area contributed by atoms with Gasteiger partial charge in [0.05, 0.1) is 12.3 Å². The fraction of sp³-hybridized carbons (Fsp3) is 0.190. The molecule has 2 aromatic carbocycles. The van der Waals surface area contributed by atoms with E-state index in [1.54, 1.807) is 16.8 Å². The zero-order valence-electron chi connectivity index (χ0n) is 16.5. The van der Waals surface area contributed by atoms with Crippen molar-refractivity contribution in [3.05, 3.63) is 71.3 Å². The zero-order chi connectivity index (χ0) is 21.1. The number of hydrogen-bond donors (Lipinski definition) is 1. The van der Waals surface area contributed by atoms with E-state index in [-0.39, 0.29) is 17.5 Å². The number of anilines is 1. The summed E-state index contributed by atoms with van der Waals surface area (Å²) >= 11 is 1.28. The van der Waals surface area contributed by atoms with Crippen molar-refractivity contribution in [1.82, 2.24) is 25.0 Å². The summed E-state index contributed by atoms with van der Waals surface area (Å²) < 4.78 is 14.7. The highest BCUT2D eigenvalue weighted by Crippen LogP contribution is 2.23. The molecule has 0 saturated heterocycles. The van der Waals surface area contributed by atoms with Crippen LogP contribution in [-0.4, -0.2) is 36.6 Å². The third-order valence-electron chi connectivity index (χ3n) is 4.51. The molecule has 0 bridgehead atoms. The van der Waals surface area contributed by atoms with Crippen LogP contribution >= 0.6 is 11.8 Å². The number of rotatable bonds is 6. The number of benzene rings is 2. The molecular weight excluding hydrogens is 403 g/mol. The van der Waals surface area contributed by atoms with Gasteiger partial charge in [-0.2, -0.15) is 0 Å². The Morgan fingerprint density at radius 1 is 1.13 bits per heavy atom. The number of nitrogens with one attached hydrogen (secondary N) is 1. The quantitative estimate of drug-likeness (QED) is 0.376. The number of halogens is 1. The van der Waals surface area contributed by atoms with Gasteiger partial charge >= 0.3 is 0 Å². The van der Waals surface area contributed by atoms with Gasteiger partial charge in [-0.3, -0.25) is 4.79 Å². The maximum absolute atomic E-state index is 13.1. The lowest BCUT2D eigenvalue weighted by Gasteiger charge is -2.09. The molecule has 2 aromatic heterocycles. The molecule has 0 fully saturated rings. The minimum Gasteiger partial charge on any atom is -0.325 e. The molecule has 30 heavy (non-hydrogen) atoms. The molecule has 0 radical (unpaired) electrons. The molecule has 0 aliphatic carbocycles. The summed E-state index contributed by atoms with van der Waals surface area (Å²) in [6.07, 6.45) is 1.43. The number of hydrogen-bond acceptors (Lipinski definition) is 6. The largest absolute Gasteiger partial charge is 0.325 e. The Hall–Kier alpha value is -3.33. The summed E-state index contributed by atoms with van der Waals surface area (Å²) in [5, 5.41) is 11.8. The zero-order valence-corrected chi connectivity index (χ0v) is 17.3. The van der Waals surface area contributed by atoms with Gasteiger partial charge in [0.15, 0.2) is 11.2 Å². The van der Waals surface area contributed by atoms with Crippen LogP contribution in [0.2, 0.25) is 0 Å². The number of aromatic nitrogens is 5. The second-order valence-corrected chi connectivity index (χ2v) is 7.84. The third kappa shape index (κ3) is 4.46. The summed E-state index contributed by atoms with van der Waals surface area (Å²) in [6, 6.07) is 12.1. The van der Waals surface area contributed by atoms with Crippen molar-refractivity contribution in [3.63, 3.8) is 0 Å². The maximum atomic E-state index is 13.1. The van der Waals surface area contributed by atoms with Gasteiger partial charge in [-0.05, 0) is 43.2 Å². The second-order valence-electron chi connectivity index (χ2n) is 6.88. The topological polar surface area (TPSA) is 85.6 Å². The van der Waals surface area contributed by atoms with Crippen LogP contribution in [0.5, 0.6) is 0 Å². The number of thioether (sulfide) groups is 1. The Labute approximate surface area is 176 Å². The second kappa shape index (κ2) is 8.58. The molecule has 4 aromatic rings. The first kappa shape index (κ1) is 20.0. The van der Waals surface area contributed by atoms with Crippen molar-refractivity contribution in [2.24, 2.45) is 0 Å². The Balaban J connectivity index is 1.46. The maximum Gasteiger partial charge on any atom is 0.234 e. The lowest BCUT2D eigenvalue weighted by atomic mass is 10.1. The summed E-state index contributed by atoms with van der Waals surface area (Å²) in [4.78, 5) is 20.9. The molecule has 0 aliphatic heterocycles. The average molecular weight is 422 g/mol. The van der Waals surface area contributed by atoms with Crippen LogP contribution in [0.3, 0.4) is 0 Å². The van der Waals surface area contributed by atoms with E-state index < -0.39 is 0 Å². The molecule has 2 heterocycles. The van der Waals surface area contributed by atoms with Crippen molar-refractivity contribution in [3.8, 4) is 0 Å². The highest BCUT2D eigenvalue weighted by Gasteiger charge is 2.14. The predicted octanol–water partition coefficient (Wildman–Crippen LogP) is 3.76. The highest BCUT2D eigenvalue weighted by atomic mass is 32.2. The van der Waals surface area contributed by atoms with Gasteiger partial charge < -0.3 is 5.32 Å². The lowest BCUT2D eigenvalue weighted by Crippen LogP contribution is -2.15. The van der Waals surface area contributed by atoms with Gasteiger partial charge in [0, 0.05) is 5.69 Å². The van der Waals surface area contributed by atoms with Gasteiger partial charge in [-0.15, -0.1) is 5.10 Å². The summed E-state index contributed by atoms with van der Waals surface area (Å²) in [5.41, 5.74) is 4.93. The van der Waals surface area contributed by atoms with Crippen LogP contribution in [-0.2, 0) is 11.3 Å². The van der Waals surface area contributed by atoms with Crippen LogP contribution < -0.4 is 5.32 Å². The fourth-order valence-electron chi connectivity index (χ4n) is 3.02. The minimum atomic E-state index is -0.290.